The number of allylic oxidation sites excluding steroid dienone is 1. The number of nitrogens with zero attached hydrogens (tertiary/aromatic N) is 1. The van der Waals surface area contributed by atoms with E-state index in [9.17, 15) is 13.0 Å². The number of hydrogen-bond acceptors (Lipinski definition) is 6. The van der Waals surface area contributed by atoms with Crippen molar-refractivity contribution < 1.29 is 26.1 Å². The van der Waals surface area contributed by atoms with Gasteiger partial charge in [0.1, 0.15) is 6.54 Å². The van der Waals surface area contributed by atoms with Crippen LogP contribution < -0.4 is 9.88 Å². The smallest absolute Gasteiger partial charge is 0.375 e. The first-order valence-corrected chi connectivity index (χ1v) is 12.3. The zero-order chi connectivity index (χ0) is 24.6. The quantitative estimate of drug-likeness (QED) is 0.217. The summed E-state index contributed by atoms with van der Waals surface area (Å²) in [6, 6.07) is 27.0. The third kappa shape index (κ3) is 7.02. The van der Waals surface area contributed by atoms with Gasteiger partial charge in [0.25, 0.3) is 5.52 Å². The highest BCUT2D eigenvalue weighted by molar-refractivity contribution is 7.80. The molecule has 0 radical (unpaired) electrons. The van der Waals surface area contributed by atoms with Crippen molar-refractivity contribution in [3.05, 3.63) is 90.5 Å². The predicted octanol–water partition coefficient (Wildman–Crippen LogP) is 5.36. The Labute approximate surface area is 200 Å². The molecule has 1 aromatic heterocycles. The molecule has 7 nitrogen and oxygen atoms in total. The number of fused-ring (bicyclic) bond motifs is 1. The summed E-state index contributed by atoms with van der Waals surface area (Å²) in [5.41, 5.74) is 6.51. The van der Waals surface area contributed by atoms with Crippen molar-refractivity contribution in [3.63, 3.8) is 0 Å². The normalized spacial score (nSPS) is 11.7. The van der Waals surface area contributed by atoms with E-state index in [-0.39, 0.29) is 6.61 Å². The topological polar surface area (TPSA) is 95.5 Å². The van der Waals surface area contributed by atoms with E-state index < -0.39 is 10.4 Å². The summed E-state index contributed by atoms with van der Waals surface area (Å²) >= 11 is 0. The van der Waals surface area contributed by atoms with Gasteiger partial charge < -0.3 is 14.3 Å². The maximum absolute atomic E-state index is 9.45. The summed E-state index contributed by atoms with van der Waals surface area (Å²) in [6.45, 7) is 6.37. The number of aromatic nitrogens is 1. The van der Waals surface area contributed by atoms with Crippen LogP contribution in [0.3, 0.4) is 0 Å². The molecule has 3 aromatic carbocycles. The van der Waals surface area contributed by atoms with Gasteiger partial charge in [-0.05, 0) is 50.1 Å². The molecule has 0 aliphatic heterocycles. The van der Waals surface area contributed by atoms with Gasteiger partial charge in [-0.3, -0.25) is 4.18 Å². The molecule has 0 aliphatic carbocycles. The number of nitrogens with one attached hydrogen (secondary N) is 1. The molecule has 4 aromatic rings. The van der Waals surface area contributed by atoms with Crippen molar-refractivity contribution in [2.75, 3.05) is 11.9 Å². The van der Waals surface area contributed by atoms with Crippen LogP contribution in [0.5, 0.6) is 0 Å². The Morgan fingerprint density at radius 2 is 1.65 bits per heavy atom. The molecule has 0 bridgehead atoms. The van der Waals surface area contributed by atoms with Gasteiger partial charge in [-0.15, -0.1) is 0 Å². The van der Waals surface area contributed by atoms with Crippen LogP contribution >= 0.6 is 0 Å². The van der Waals surface area contributed by atoms with Crippen LogP contribution in [0.4, 0.5) is 5.69 Å². The van der Waals surface area contributed by atoms with E-state index in [0.29, 0.717) is 0 Å². The van der Waals surface area contributed by atoms with Crippen molar-refractivity contribution in [2.45, 2.75) is 27.3 Å². The number of anilines is 1. The average Bonchev–Trinajstić information content (AvgIpc) is 3.15. The summed E-state index contributed by atoms with van der Waals surface area (Å²) < 4.78 is 40.3. The van der Waals surface area contributed by atoms with Crippen molar-refractivity contribution >= 4 is 33.3 Å². The highest BCUT2D eigenvalue weighted by Gasteiger charge is 2.20. The van der Waals surface area contributed by atoms with Crippen LogP contribution in [0.15, 0.2) is 89.0 Å². The number of oxazole rings is 1. The van der Waals surface area contributed by atoms with E-state index in [4.69, 9.17) is 4.42 Å². The summed E-state index contributed by atoms with van der Waals surface area (Å²) in [4.78, 5) is 0. The SMILES string of the molecule is CCOS(=O)(=O)[O-].CC[n+]1c(/C=C(/C)Nc2ccccc2)oc2ccc(-c3ccccc3)cc21. The van der Waals surface area contributed by atoms with Crippen LogP contribution in [0.1, 0.15) is 26.7 Å². The Kier molecular flexibility index (Phi) is 8.59. The first-order valence-electron chi connectivity index (χ1n) is 10.9. The fourth-order valence-corrected chi connectivity index (χ4v) is 3.75. The average molecular weight is 481 g/mol. The van der Waals surface area contributed by atoms with Gasteiger partial charge in [-0.1, -0.05) is 54.6 Å². The maximum atomic E-state index is 9.45. The predicted molar refractivity (Wildman–Crippen MR) is 133 cm³/mol. The van der Waals surface area contributed by atoms with Gasteiger partial charge in [0.05, 0.1) is 12.7 Å². The molecule has 0 unspecified atom stereocenters. The molecule has 178 valence electrons. The molecule has 0 saturated heterocycles. The summed E-state index contributed by atoms with van der Waals surface area (Å²) in [5.74, 6) is 0.846. The fourth-order valence-electron chi connectivity index (χ4n) is 3.46. The Morgan fingerprint density at radius 1 is 1.00 bits per heavy atom. The van der Waals surface area contributed by atoms with Crippen molar-refractivity contribution in [1.29, 1.82) is 0 Å². The molecule has 8 heteroatoms. The molecule has 0 fully saturated rings. The highest BCUT2D eigenvalue weighted by atomic mass is 32.3. The maximum Gasteiger partial charge on any atom is 0.375 e. The minimum atomic E-state index is -4.42. The number of hydrogen-bond donors (Lipinski definition) is 1. The minimum absolute atomic E-state index is 0.0914. The lowest BCUT2D eigenvalue weighted by Crippen LogP contribution is -2.33. The number of rotatable bonds is 7. The van der Waals surface area contributed by atoms with Crippen molar-refractivity contribution in [3.8, 4) is 11.1 Å². The van der Waals surface area contributed by atoms with E-state index in [1.54, 1.807) is 0 Å². The first kappa shape index (κ1) is 25.2. The molecule has 34 heavy (non-hydrogen) atoms. The van der Waals surface area contributed by atoms with Crippen molar-refractivity contribution in [1.82, 2.24) is 0 Å². The molecular formula is C26H28N2O5S. The van der Waals surface area contributed by atoms with Crippen LogP contribution in [0.25, 0.3) is 28.3 Å². The molecule has 1 heterocycles. The van der Waals surface area contributed by atoms with Gasteiger partial charge >= 0.3 is 5.89 Å². The Bertz CT molecular complexity index is 1350. The van der Waals surface area contributed by atoms with Gasteiger partial charge in [0, 0.05) is 17.5 Å². The van der Waals surface area contributed by atoms with E-state index in [2.05, 4.69) is 88.6 Å². The van der Waals surface area contributed by atoms with Crippen LogP contribution in [0, 0.1) is 0 Å². The first-order chi connectivity index (χ1) is 16.3. The Balaban J connectivity index is 0.000000406. The third-order valence-corrected chi connectivity index (χ3v) is 5.40. The van der Waals surface area contributed by atoms with E-state index in [1.807, 2.05) is 24.3 Å². The monoisotopic (exact) mass is 480 g/mol. The zero-order valence-corrected chi connectivity index (χ0v) is 20.2. The number of para-hydroxylation sites is 1. The molecule has 1 N–H and O–H groups in total. The van der Waals surface area contributed by atoms with Crippen molar-refractivity contribution in [2.24, 2.45) is 0 Å². The second kappa shape index (κ2) is 11.6. The summed E-state index contributed by atoms with van der Waals surface area (Å²) in [7, 11) is -4.42. The van der Waals surface area contributed by atoms with Gasteiger partial charge in [-0.25, -0.2) is 8.42 Å². The number of aryl methyl sites for hydroxylation is 1. The van der Waals surface area contributed by atoms with Gasteiger partial charge in [0.2, 0.25) is 16.0 Å². The molecule has 0 spiro atoms. The van der Waals surface area contributed by atoms with Gasteiger partial charge in [-0.2, -0.15) is 4.57 Å². The van der Waals surface area contributed by atoms with Crippen LogP contribution in [0.2, 0.25) is 0 Å². The van der Waals surface area contributed by atoms with E-state index >= 15 is 0 Å². The summed E-state index contributed by atoms with van der Waals surface area (Å²) in [5, 5.41) is 3.41. The van der Waals surface area contributed by atoms with Crippen LogP contribution in [-0.4, -0.2) is 19.6 Å². The molecule has 4 rings (SSSR count). The molecule has 0 saturated carbocycles. The lowest BCUT2D eigenvalue weighted by Gasteiger charge is -2.04. The fraction of sp³-hybridized carbons (Fsp3) is 0.192. The second-order valence-corrected chi connectivity index (χ2v) is 8.42. The third-order valence-electron chi connectivity index (χ3n) is 4.87. The molecular weight excluding hydrogens is 452 g/mol. The second-order valence-electron chi connectivity index (χ2n) is 7.37. The Hall–Kier alpha value is -3.46. The lowest BCUT2D eigenvalue weighted by molar-refractivity contribution is -0.674. The highest BCUT2D eigenvalue weighted by Crippen LogP contribution is 2.24. The van der Waals surface area contributed by atoms with E-state index in [0.717, 1.165) is 34.9 Å². The Morgan fingerprint density at radius 3 is 2.21 bits per heavy atom. The standard InChI is InChI=1S/C24H22N2O.C2H6O4S/c1-3-26-22-17-20(19-10-6-4-7-11-19)14-15-23(22)27-24(26)16-18(2)25-21-12-8-5-9-13-21;1-2-6-7(3,4)5/h4-17H,3H2,1-2H3;2H2,1H3,(H,3,4,5). The summed E-state index contributed by atoms with van der Waals surface area (Å²) in [6.07, 6.45) is 2.05. The van der Waals surface area contributed by atoms with Crippen LogP contribution in [-0.2, 0) is 21.1 Å². The largest absolute Gasteiger partial charge is 0.726 e. The minimum Gasteiger partial charge on any atom is -0.726 e. The molecule has 0 aliphatic rings. The lowest BCUT2D eigenvalue weighted by atomic mass is 10.1. The van der Waals surface area contributed by atoms with E-state index in [1.165, 1.54) is 18.1 Å². The number of benzene rings is 3. The van der Waals surface area contributed by atoms with Gasteiger partial charge in [0.15, 0.2) is 0 Å². The molecule has 0 amide bonds. The molecule has 0 atom stereocenters. The zero-order valence-electron chi connectivity index (χ0n) is 19.4.